The molecule has 0 saturated heterocycles. The van der Waals surface area contributed by atoms with Gasteiger partial charge in [0.2, 0.25) is 0 Å². The molecule has 0 radical (unpaired) electrons. The Kier molecular flexibility index (Phi) is 6.10. The Hall–Kier alpha value is -4.80. The van der Waals surface area contributed by atoms with Crippen LogP contribution in [0.1, 0.15) is 47.7 Å². The fraction of sp³-hybridized carbons (Fsp3) is 0.128. The van der Waals surface area contributed by atoms with E-state index in [4.69, 9.17) is 0 Å². The largest absolute Gasteiger partial charge is 0.309 e. The molecule has 2 aliphatic rings. The second-order valence-corrected chi connectivity index (χ2v) is 10.8. The van der Waals surface area contributed by atoms with E-state index in [-0.39, 0.29) is 0 Å². The molecule has 5 aromatic rings. The van der Waals surface area contributed by atoms with Crippen LogP contribution in [-0.2, 0) is 0 Å². The number of para-hydroxylation sites is 1. The van der Waals surface area contributed by atoms with E-state index in [1.807, 2.05) is 6.07 Å². The lowest BCUT2D eigenvalue weighted by molar-refractivity contribution is 0.760. The third-order valence-electron chi connectivity index (χ3n) is 8.28. The predicted molar refractivity (Wildman–Crippen MR) is 170 cm³/mol. The lowest BCUT2D eigenvalue weighted by atomic mass is 9.80. The molecule has 2 aliphatic carbocycles. The number of hydrogen-bond acceptors (Lipinski definition) is 0. The summed E-state index contributed by atoms with van der Waals surface area (Å²) in [5, 5.41) is 1.29. The second-order valence-electron chi connectivity index (χ2n) is 10.8. The van der Waals surface area contributed by atoms with Crippen molar-refractivity contribution in [2.45, 2.75) is 26.7 Å². The van der Waals surface area contributed by atoms with E-state index >= 15 is 0 Å². The minimum absolute atomic E-state index is 0.465. The maximum absolute atomic E-state index is 3.27. The number of rotatable bonds is 4. The number of fused-ring (bicyclic) bond motifs is 3. The highest BCUT2D eigenvalue weighted by molar-refractivity contribution is 5.98. The van der Waals surface area contributed by atoms with Crippen molar-refractivity contribution in [3.63, 3.8) is 0 Å². The van der Waals surface area contributed by atoms with E-state index < -0.39 is 0 Å². The zero-order valence-corrected chi connectivity index (χ0v) is 23.0. The highest BCUT2D eigenvalue weighted by Gasteiger charge is 2.20. The molecule has 40 heavy (non-hydrogen) atoms. The van der Waals surface area contributed by atoms with Crippen molar-refractivity contribution in [1.29, 1.82) is 0 Å². The minimum atomic E-state index is 0.465. The van der Waals surface area contributed by atoms with Crippen molar-refractivity contribution in [2.24, 2.45) is 5.92 Å². The Morgan fingerprint density at radius 3 is 2.27 bits per heavy atom. The summed E-state index contributed by atoms with van der Waals surface area (Å²) >= 11 is 0. The van der Waals surface area contributed by atoms with Crippen LogP contribution in [0.25, 0.3) is 51.0 Å². The van der Waals surface area contributed by atoms with Crippen molar-refractivity contribution in [3.05, 3.63) is 149 Å². The summed E-state index contributed by atoms with van der Waals surface area (Å²) in [6, 6.07) is 37.3. The van der Waals surface area contributed by atoms with Gasteiger partial charge in [-0.15, -0.1) is 0 Å². The molecule has 0 bridgehead atoms. The number of aromatic nitrogens is 1. The Morgan fingerprint density at radius 2 is 1.48 bits per heavy atom. The number of allylic oxidation sites excluding steroid dienone is 6. The Balaban J connectivity index is 1.24. The first kappa shape index (κ1) is 24.3. The molecule has 1 heteroatoms. The smallest absolute Gasteiger partial charge is 0.0541 e. The highest BCUT2D eigenvalue weighted by Crippen LogP contribution is 2.40. The Morgan fingerprint density at radius 1 is 0.750 bits per heavy atom. The van der Waals surface area contributed by atoms with Gasteiger partial charge in [0, 0.05) is 22.2 Å². The molecule has 0 aliphatic heterocycles. The predicted octanol–water partition coefficient (Wildman–Crippen LogP) is 10.1. The van der Waals surface area contributed by atoms with Crippen LogP contribution in [0.4, 0.5) is 0 Å². The molecule has 0 N–H and O–H groups in total. The first-order valence-electron chi connectivity index (χ1n) is 14.2. The van der Waals surface area contributed by atoms with E-state index in [0.717, 1.165) is 18.4 Å². The molecule has 1 heterocycles. The topological polar surface area (TPSA) is 4.93 Å². The normalized spacial score (nSPS) is 16.2. The first-order chi connectivity index (χ1) is 19.7. The third-order valence-corrected chi connectivity index (χ3v) is 8.28. The maximum atomic E-state index is 3.27. The van der Waals surface area contributed by atoms with Crippen molar-refractivity contribution >= 4 is 34.2 Å². The summed E-state index contributed by atoms with van der Waals surface area (Å²) in [6.45, 7) is 4.46. The SMILES string of the molecule is Cc1c#cccc1C1=C(c2ccc(-c3ccc(-n4c5c(c6ccccc64)C=CCC=C5)cc3)cc2)C=CCC1C. The van der Waals surface area contributed by atoms with Gasteiger partial charge in [-0.1, -0.05) is 104 Å². The molecule has 7 rings (SSSR count). The fourth-order valence-corrected chi connectivity index (χ4v) is 6.28. The molecule has 4 aromatic carbocycles. The van der Waals surface area contributed by atoms with E-state index in [2.05, 4.69) is 146 Å². The van der Waals surface area contributed by atoms with Crippen molar-refractivity contribution in [1.82, 2.24) is 4.57 Å². The average Bonchev–Trinajstić information content (AvgIpc) is 3.12. The summed E-state index contributed by atoms with van der Waals surface area (Å²) in [6.07, 6.45) is 15.6. The monoisotopic (exact) mass is 513 g/mol. The van der Waals surface area contributed by atoms with E-state index in [1.54, 1.807) is 0 Å². The van der Waals surface area contributed by atoms with Crippen molar-refractivity contribution in [2.75, 3.05) is 0 Å². The second kappa shape index (κ2) is 10.1. The molecule has 0 spiro atoms. The number of hydrogen-bond donors (Lipinski definition) is 0. The van der Waals surface area contributed by atoms with Gasteiger partial charge in [0.25, 0.3) is 0 Å². The summed E-state index contributed by atoms with van der Waals surface area (Å²) in [4.78, 5) is 0. The minimum Gasteiger partial charge on any atom is -0.309 e. The van der Waals surface area contributed by atoms with Gasteiger partial charge in [-0.25, -0.2) is 0 Å². The van der Waals surface area contributed by atoms with Crippen LogP contribution in [0.15, 0.2) is 109 Å². The van der Waals surface area contributed by atoms with Crippen LogP contribution in [-0.4, -0.2) is 4.57 Å². The number of benzene rings is 3. The lowest BCUT2D eigenvalue weighted by Gasteiger charge is -2.24. The summed E-state index contributed by atoms with van der Waals surface area (Å²) < 4.78 is 2.38. The average molecular weight is 514 g/mol. The van der Waals surface area contributed by atoms with Gasteiger partial charge in [-0.05, 0) is 95.5 Å². The van der Waals surface area contributed by atoms with E-state index in [9.17, 15) is 0 Å². The highest BCUT2D eigenvalue weighted by atomic mass is 15.0. The van der Waals surface area contributed by atoms with Gasteiger partial charge in [0.1, 0.15) is 0 Å². The van der Waals surface area contributed by atoms with Crippen LogP contribution in [0.2, 0.25) is 0 Å². The molecule has 1 atom stereocenters. The summed E-state index contributed by atoms with van der Waals surface area (Å²) in [5.74, 6) is 0.465. The van der Waals surface area contributed by atoms with Crippen LogP contribution in [0, 0.1) is 25.0 Å². The first-order valence-corrected chi connectivity index (χ1v) is 14.2. The van der Waals surface area contributed by atoms with E-state index in [0.29, 0.717) is 5.92 Å². The van der Waals surface area contributed by atoms with Crippen LogP contribution in [0.5, 0.6) is 0 Å². The molecule has 1 nitrogen and oxygen atoms in total. The maximum Gasteiger partial charge on any atom is 0.0541 e. The molecule has 1 unspecified atom stereocenters. The molecule has 1 aromatic heterocycles. The van der Waals surface area contributed by atoms with Crippen molar-refractivity contribution in [3.8, 4) is 16.8 Å². The van der Waals surface area contributed by atoms with Gasteiger partial charge in [0.05, 0.1) is 11.2 Å². The zero-order valence-electron chi connectivity index (χ0n) is 23.0. The molecular weight excluding hydrogens is 482 g/mol. The standard InChI is InChI=1S/C39H31N/c1-27-11-6-7-13-33(27)39-28(2)12-10-16-34(39)31-21-19-29(20-22-31)30-23-25-32(26-24-30)40-37-17-5-3-4-14-35(37)36-15-8-9-18-38(36)40/h4-5,7-10,13-26,28H,3,12H2,1-2H3. The molecule has 0 fully saturated rings. The summed E-state index contributed by atoms with van der Waals surface area (Å²) in [7, 11) is 0. The van der Waals surface area contributed by atoms with Crippen LogP contribution in [0.3, 0.4) is 0 Å². The van der Waals surface area contributed by atoms with Gasteiger partial charge in [-0.3, -0.25) is 0 Å². The molecular formula is C39H31N. The fourth-order valence-electron chi connectivity index (χ4n) is 6.28. The molecule has 0 amide bonds. The Bertz CT molecular complexity index is 1840. The van der Waals surface area contributed by atoms with E-state index in [1.165, 1.54) is 61.2 Å². The number of nitrogens with zero attached hydrogens (tertiary/aromatic N) is 1. The lowest BCUT2D eigenvalue weighted by Crippen LogP contribution is -2.06. The quantitative estimate of drug-likeness (QED) is 0.225. The Labute approximate surface area is 237 Å². The van der Waals surface area contributed by atoms with Crippen LogP contribution >= 0.6 is 0 Å². The zero-order chi connectivity index (χ0) is 27.1. The summed E-state index contributed by atoms with van der Waals surface area (Å²) in [5.41, 5.74) is 13.8. The van der Waals surface area contributed by atoms with Crippen molar-refractivity contribution < 1.29 is 0 Å². The van der Waals surface area contributed by atoms with Gasteiger partial charge in [0.15, 0.2) is 0 Å². The molecule has 0 saturated carbocycles. The van der Waals surface area contributed by atoms with Gasteiger partial charge in [-0.2, -0.15) is 0 Å². The van der Waals surface area contributed by atoms with Gasteiger partial charge >= 0.3 is 0 Å². The van der Waals surface area contributed by atoms with Crippen LogP contribution < -0.4 is 0 Å². The molecule has 192 valence electrons. The third kappa shape index (κ3) is 4.14. The van der Waals surface area contributed by atoms with Gasteiger partial charge < -0.3 is 4.57 Å².